The van der Waals surface area contributed by atoms with Crippen molar-refractivity contribution in [3.8, 4) is 0 Å². The maximum Gasteiger partial charge on any atom is 0.303 e. The van der Waals surface area contributed by atoms with Gasteiger partial charge in [0.2, 0.25) is 0 Å². The van der Waals surface area contributed by atoms with Gasteiger partial charge in [-0.1, -0.05) is 6.07 Å². The lowest BCUT2D eigenvalue weighted by Gasteiger charge is -2.29. The Morgan fingerprint density at radius 3 is 2.35 bits per heavy atom. The summed E-state index contributed by atoms with van der Waals surface area (Å²) in [6.07, 6.45) is 0. The maximum atomic E-state index is 13.8. The van der Waals surface area contributed by atoms with Crippen LogP contribution in [0, 0.1) is 5.82 Å². The fraction of sp³-hybridized carbons (Fsp3) is 0.500. The van der Waals surface area contributed by atoms with Crippen LogP contribution in [0.15, 0.2) is 18.2 Å². The minimum Gasteiger partial charge on any atom is -0.384 e. The zero-order valence-corrected chi connectivity index (χ0v) is 10.0. The van der Waals surface area contributed by atoms with E-state index < -0.39 is 22.9 Å². The van der Waals surface area contributed by atoms with Gasteiger partial charge in [-0.3, -0.25) is 0 Å². The second-order valence-electron chi connectivity index (χ2n) is 4.33. The van der Waals surface area contributed by atoms with E-state index in [-0.39, 0.29) is 5.69 Å². The van der Waals surface area contributed by atoms with Gasteiger partial charge in [0, 0.05) is 6.54 Å². The Kier molecular flexibility index (Phi) is 3.71. The highest BCUT2D eigenvalue weighted by Crippen LogP contribution is 2.41. The summed E-state index contributed by atoms with van der Waals surface area (Å²) in [7, 11) is 0. The molecule has 0 saturated heterocycles. The Labute approximate surface area is 98.5 Å². The van der Waals surface area contributed by atoms with E-state index in [1.807, 2.05) is 0 Å². The normalized spacial score (nSPS) is 12.6. The van der Waals surface area contributed by atoms with Crippen molar-refractivity contribution in [2.75, 3.05) is 11.9 Å². The van der Waals surface area contributed by atoms with Crippen LogP contribution in [-0.2, 0) is 5.92 Å². The molecule has 0 aliphatic heterocycles. The Morgan fingerprint density at radius 1 is 1.29 bits per heavy atom. The molecule has 0 spiro atoms. The third-order valence-electron chi connectivity index (χ3n) is 2.47. The van der Waals surface area contributed by atoms with Crippen LogP contribution in [0.4, 0.5) is 18.9 Å². The molecule has 2 N–H and O–H groups in total. The van der Waals surface area contributed by atoms with Gasteiger partial charge in [0.1, 0.15) is 5.60 Å². The standard InChI is InChI=1S/C12H16F3NO/c1-4-16-9-7-5-6-8(10(9)13)12(14,15)11(2,3)17/h5-7,16-17H,4H2,1-3H3. The average Bonchev–Trinajstić information content (AvgIpc) is 2.19. The first-order valence-corrected chi connectivity index (χ1v) is 5.35. The summed E-state index contributed by atoms with van der Waals surface area (Å²) >= 11 is 0. The summed E-state index contributed by atoms with van der Waals surface area (Å²) in [4.78, 5) is 0. The number of alkyl halides is 2. The number of aliphatic hydroxyl groups is 1. The molecule has 0 aromatic heterocycles. The quantitative estimate of drug-likeness (QED) is 0.856. The van der Waals surface area contributed by atoms with Crippen molar-refractivity contribution in [3.05, 3.63) is 29.6 Å². The van der Waals surface area contributed by atoms with E-state index in [0.717, 1.165) is 19.9 Å². The fourth-order valence-corrected chi connectivity index (χ4v) is 1.43. The van der Waals surface area contributed by atoms with E-state index in [0.29, 0.717) is 6.54 Å². The molecule has 5 heteroatoms. The number of benzene rings is 1. The summed E-state index contributed by atoms with van der Waals surface area (Å²) in [5, 5.41) is 12.1. The van der Waals surface area contributed by atoms with Crippen molar-refractivity contribution >= 4 is 5.69 Å². The van der Waals surface area contributed by atoms with Gasteiger partial charge in [-0.15, -0.1) is 0 Å². The van der Waals surface area contributed by atoms with E-state index in [2.05, 4.69) is 5.32 Å². The molecule has 17 heavy (non-hydrogen) atoms. The van der Waals surface area contributed by atoms with Crippen LogP contribution in [0.5, 0.6) is 0 Å². The van der Waals surface area contributed by atoms with Crippen molar-refractivity contribution in [2.45, 2.75) is 32.3 Å². The largest absolute Gasteiger partial charge is 0.384 e. The monoisotopic (exact) mass is 247 g/mol. The van der Waals surface area contributed by atoms with Crippen molar-refractivity contribution in [3.63, 3.8) is 0 Å². The number of hydrogen-bond acceptors (Lipinski definition) is 2. The van der Waals surface area contributed by atoms with Crippen molar-refractivity contribution in [1.29, 1.82) is 0 Å². The number of anilines is 1. The fourth-order valence-electron chi connectivity index (χ4n) is 1.43. The summed E-state index contributed by atoms with van der Waals surface area (Å²) in [5.41, 5.74) is -3.11. The van der Waals surface area contributed by atoms with Gasteiger partial charge in [-0.05, 0) is 32.9 Å². The summed E-state index contributed by atoms with van der Waals surface area (Å²) < 4.78 is 41.5. The van der Waals surface area contributed by atoms with E-state index in [4.69, 9.17) is 0 Å². The predicted octanol–water partition coefficient (Wildman–Crippen LogP) is 3.12. The molecule has 1 aromatic carbocycles. The third kappa shape index (κ3) is 2.54. The molecule has 0 saturated carbocycles. The van der Waals surface area contributed by atoms with Gasteiger partial charge in [0.25, 0.3) is 0 Å². The minimum atomic E-state index is -3.65. The highest BCUT2D eigenvalue weighted by molar-refractivity contribution is 5.49. The zero-order chi connectivity index (χ0) is 13.3. The molecule has 0 bridgehead atoms. The molecule has 0 heterocycles. The SMILES string of the molecule is CCNc1cccc(C(F)(F)C(C)(C)O)c1F. The van der Waals surface area contributed by atoms with Crippen molar-refractivity contribution in [1.82, 2.24) is 0 Å². The molecule has 0 aliphatic rings. The Balaban J connectivity index is 3.28. The molecular formula is C12H16F3NO. The van der Waals surface area contributed by atoms with Gasteiger partial charge >= 0.3 is 5.92 Å². The van der Waals surface area contributed by atoms with Gasteiger partial charge < -0.3 is 10.4 Å². The van der Waals surface area contributed by atoms with E-state index in [1.54, 1.807) is 6.92 Å². The van der Waals surface area contributed by atoms with Gasteiger partial charge in [0.05, 0.1) is 11.3 Å². The lowest BCUT2D eigenvalue weighted by atomic mass is 9.93. The van der Waals surface area contributed by atoms with E-state index in [1.165, 1.54) is 12.1 Å². The first kappa shape index (κ1) is 13.8. The average molecular weight is 247 g/mol. The van der Waals surface area contributed by atoms with Gasteiger partial charge in [-0.2, -0.15) is 8.78 Å². The van der Waals surface area contributed by atoms with Gasteiger partial charge in [0.15, 0.2) is 5.82 Å². The second kappa shape index (κ2) is 4.56. The van der Waals surface area contributed by atoms with E-state index in [9.17, 15) is 18.3 Å². The number of rotatable bonds is 4. The Hall–Kier alpha value is -1.23. The Morgan fingerprint density at radius 2 is 1.88 bits per heavy atom. The molecule has 0 unspecified atom stereocenters. The van der Waals surface area contributed by atoms with Gasteiger partial charge in [-0.25, -0.2) is 4.39 Å². The second-order valence-corrected chi connectivity index (χ2v) is 4.33. The molecule has 2 nitrogen and oxygen atoms in total. The van der Waals surface area contributed by atoms with Crippen LogP contribution in [0.2, 0.25) is 0 Å². The van der Waals surface area contributed by atoms with Crippen molar-refractivity contribution in [2.24, 2.45) is 0 Å². The molecule has 0 radical (unpaired) electrons. The molecule has 0 atom stereocenters. The molecule has 0 fully saturated rings. The highest BCUT2D eigenvalue weighted by Gasteiger charge is 2.48. The first-order chi connectivity index (χ1) is 7.71. The van der Waals surface area contributed by atoms with Crippen LogP contribution >= 0.6 is 0 Å². The molecule has 1 rings (SSSR count). The topological polar surface area (TPSA) is 32.3 Å². The van der Waals surface area contributed by atoms with Crippen LogP contribution in [0.1, 0.15) is 26.3 Å². The van der Waals surface area contributed by atoms with Crippen LogP contribution in [0.3, 0.4) is 0 Å². The minimum absolute atomic E-state index is 0.00826. The lowest BCUT2D eigenvalue weighted by Crippen LogP contribution is -2.40. The zero-order valence-electron chi connectivity index (χ0n) is 10.0. The van der Waals surface area contributed by atoms with Crippen LogP contribution in [0.25, 0.3) is 0 Å². The van der Waals surface area contributed by atoms with Crippen LogP contribution in [-0.4, -0.2) is 17.3 Å². The van der Waals surface area contributed by atoms with E-state index >= 15 is 0 Å². The maximum absolute atomic E-state index is 13.8. The summed E-state index contributed by atoms with van der Waals surface area (Å²) in [5.74, 6) is -4.68. The van der Waals surface area contributed by atoms with Crippen LogP contribution < -0.4 is 5.32 Å². The molecular weight excluding hydrogens is 231 g/mol. The van der Waals surface area contributed by atoms with Crippen molar-refractivity contribution < 1.29 is 18.3 Å². The number of halogens is 3. The third-order valence-corrected chi connectivity index (χ3v) is 2.47. The molecule has 0 aliphatic carbocycles. The summed E-state index contributed by atoms with van der Waals surface area (Å²) in [6, 6.07) is 3.69. The summed E-state index contributed by atoms with van der Waals surface area (Å²) in [6.45, 7) is 4.06. The molecule has 96 valence electrons. The highest BCUT2D eigenvalue weighted by atomic mass is 19.3. The number of nitrogens with one attached hydrogen (secondary N) is 1. The first-order valence-electron chi connectivity index (χ1n) is 5.35. The predicted molar refractivity (Wildman–Crippen MR) is 60.8 cm³/mol. The molecule has 0 amide bonds. The lowest BCUT2D eigenvalue weighted by molar-refractivity contribution is -0.170. The number of hydrogen-bond donors (Lipinski definition) is 2. The Bertz CT molecular complexity index is 399. The molecule has 1 aromatic rings. The smallest absolute Gasteiger partial charge is 0.303 e.